The van der Waals surface area contributed by atoms with E-state index in [2.05, 4.69) is 35.4 Å². The Morgan fingerprint density at radius 3 is 3.00 bits per heavy atom. The molecule has 0 saturated carbocycles. The summed E-state index contributed by atoms with van der Waals surface area (Å²) in [6, 6.07) is 8.58. The summed E-state index contributed by atoms with van der Waals surface area (Å²) in [4.78, 5) is 3.96. The highest BCUT2D eigenvalue weighted by molar-refractivity contribution is 7.10. The first-order chi connectivity index (χ1) is 8.78. The number of rotatable bonds is 2. The van der Waals surface area contributed by atoms with Crippen molar-refractivity contribution in [2.24, 2.45) is 0 Å². The number of anilines is 1. The molecule has 0 amide bonds. The number of aliphatic hydroxyl groups is 1. The van der Waals surface area contributed by atoms with Crippen molar-refractivity contribution in [1.82, 2.24) is 0 Å². The van der Waals surface area contributed by atoms with Crippen LogP contribution in [-0.4, -0.2) is 11.7 Å². The minimum Gasteiger partial charge on any atom is -0.392 e. The van der Waals surface area contributed by atoms with Crippen LogP contribution in [0.4, 0.5) is 5.69 Å². The first-order valence-electron chi connectivity index (χ1n) is 6.28. The second kappa shape index (κ2) is 4.75. The first-order valence-corrected chi connectivity index (χ1v) is 7.16. The van der Waals surface area contributed by atoms with E-state index in [4.69, 9.17) is 0 Å². The maximum Gasteiger partial charge on any atom is 0.0684 e. The van der Waals surface area contributed by atoms with Crippen molar-refractivity contribution in [2.75, 3.05) is 11.4 Å². The normalized spacial score (nSPS) is 14.7. The van der Waals surface area contributed by atoms with Crippen molar-refractivity contribution in [1.29, 1.82) is 0 Å². The van der Waals surface area contributed by atoms with Crippen LogP contribution >= 0.6 is 11.3 Å². The summed E-state index contributed by atoms with van der Waals surface area (Å²) >= 11 is 1.87. The summed E-state index contributed by atoms with van der Waals surface area (Å²) in [5.41, 5.74) is 4.93. The number of hydrogen-bond acceptors (Lipinski definition) is 3. The van der Waals surface area contributed by atoms with Gasteiger partial charge in [-0.05, 0) is 53.6 Å². The van der Waals surface area contributed by atoms with E-state index in [0.29, 0.717) is 0 Å². The van der Waals surface area contributed by atoms with E-state index in [9.17, 15) is 5.11 Å². The zero-order chi connectivity index (χ0) is 12.5. The molecule has 0 atom stereocenters. The number of nitrogens with zero attached hydrogens (tertiary/aromatic N) is 1. The third kappa shape index (κ3) is 2.04. The van der Waals surface area contributed by atoms with Crippen molar-refractivity contribution in [2.45, 2.75) is 26.5 Å². The predicted molar refractivity (Wildman–Crippen MR) is 76.2 cm³/mol. The quantitative estimate of drug-likeness (QED) is 0.895. The molecular weight excluding hydrogens is 242 g/mol. The highest BCUT2D eigenvalue weighted by Gasteiger charge is 2.17. The van der Waals surface area contributed by atoms with Crippen LogP contribution in [-0.2, 0) is 19.6 Å². The van der Waals surface area contributed by atoms with Gasteiger partial charge in [-0.15, -0.1) is 11.3 Å². The summed E-state index contributed by atoms with van der Waals surface area (Å²) in [7, 11) is 0. The molecule has 94 valence electrons. The number of aliphatic hydroxyl groups excluding tert-OH is 1. The largest absolute Gasteiger partial charge is 0.392 e. The van der Waals surface area contributed by atoms with Crippen molar-refractivity contribution in [3.63, 3.8) is 0 Å². The molecule has 1 aliphatic heterocycles. The summed E-state index contributed by atoms with van der Waals surface area (Å²) in [6.07, 6.45) is 1.15. The van der Waals surface area contributed by atoms with Crippen LogP contribution in [0, 0.1) is 6.92 Å². The molecule has 2 aromatic rings. The van der Waals surface area contributed by atoms with Crippen LogP contribution in [0.15, 0.2) is 29.6 Å². The molecule has 3 rings (SSSR count). The monoisotopic (exact) mass is 259 g/mol. The van der Waals surface area contributed by atoms with Gasteiger partial charge in [0.25, 0.3) is 0 Å². The molecule has 1 aromatic heterocycles. The zero-order valence-corrected chi connectivity index (χ0v) is 11.3. The fourth-order valence-electron chi connectivity index (χ4n) is 2.52. The molecule has 0 spiro atoms. The summed E-state index contributed by atoms with van der Waals surface area (Å²) < 4.78 is 0. The zero-order valence-electron chi connectivity index (χ0n) is 10.5. The molecule has 1 N–H and O–H groups in total. The SMILES string of the molecule is Cc1cc(N2CCc3sccc3C2)ccc1CO. The molecule has 0 fully saturated rings. The Bertz CT molecular complexity index is 561. The Morgan fingerprint density at radius 2 is 2.22 bits per heavy atom. The third-order valence-corrected chi connectivity index (χ3v) is 4.69. The Kier molecular flexibility index (Phi) is 3.10. The van der Waals surface area contributed by atoms with Gasteiger partial charge in [0.05, 0.1) is 6.61 Å². The van der Waals surface area contributed by atoms with Gasteiger partial charge in [-0.3, -0.25) is 0 Å². The number of aryl methyl sites for hydroxylation is 1. The number of hydrogen-bond donors (Lipinski definition) is 1. The molecular formula is C15H17NOS. The van der Waals surface area contributed by atoms with Crippen molar-refractivity contribution in [3.8, 4) is 0 Å². The number of fused-ring (bicyclic) bond motifs is 1. The fourth-order valence-corrected chi connectivity index (χ4v) is 3.41. The molecule has 0 saturated heterocycles. The topological polar surface area (TPSA) is 23.5 Å². The van der Waals surface area contributed by atoms with Crippen LogP contribution < -0.4 is 4.90 Å². The lowest BCUT2D eigenvalue weighted by Crippen LogP contribution is -2.29. The van der Waals surface area contributed by atoms with Gasteiger partial charge in [0.2, 0.25) is 0 Å². The Morgan fingerprint density at radius 1 is 1.33 bits per heavy atom. The average Bonchev–Trinajstić information content (AvgIpc) is 2.85. The lowest BCUT2D eigenvalue weighted by molar-refractivity contribution is 0.281. The van der Waals surface area contributed by atoms with Gasteiger partial charge >= 0.3 is 0 Å². The fraction of sp³-hybridized carbons (Fsp3) is 0.333. The van der Waals surface area contributed by atoms with Crippen LogP contribution in [0.1, 0.15) is 21.6 Å². The van der Waals surface area contributed by atoms with E-state index in [1.807, 2.05) is 17.4 Å². The maximum absolute atomic E-state index is 9.21. The highest BCUT2D eigenvalue weighted by Crippen LogP contribution is 2.28. The average molecular weight is 259 g/mol. The van der Waals surface area contributed by atoms with E-state index in [1.54, 1.807) is 0 Å². The highest BCUT2D eigenvalue weighted by atomic mass is 32.1. The van der Waals surface area contributed by atoms with Crippen LogP contribution in [0.5, 0.6) is 0 Å². The van der Waals surface area contributed by atoms with Crippen LogP contribution in [0.25, 0.3) is 0 Å². The third-order valence-electron chi connectivity index (χ3n) is 3.67. The Hall–Kier alpha value is -1.32. The van der Waals surface area contributed by atoms with Gasteiger partial charge in [0.1, 0.15) is 0 Å². The summed E-state index contributed by atoms with van der Waals surface area (Å²) in [5.74, 6) is 0. The van der Waals surface area contributed by atoms with Gasteiger partial charge in [0.15, 0.2) is 0 Å². The summed E-state index contributed by atoms with van der Waals surface area (Å²) in [5, 5.41) is 11.4. The van der Waals surface area contributed by atoms with Gasteiger partial charge in [0, 0.05) is 23.7 Å². The molecule has 0 unspecified atom stereocenters. The van der Waals surface area contributed by atoms with Crippen LogP contribution in [0.2, 0.25) is 0 Å². The molecule has 3 heteroatoms. The van der Waals surface area contributed by atoms with Gasteiger partial charge in [-0.2, -0.15) is 0 Å². The molecule has 0 bridgehead atoms. The van der Waals surface area contributed by atoms with E-state index in [-0.39, 0.29) is 6.61 Å². The standard InChI is InChI=1S/C15H17NOS/c1-11-8-14(3-2-13(11)10-17)16-6-4-15-12(9-16)5-7-18-15/h2-3,5,7-8,17H,4,6,9-10H2,1H3. The second-order valence-electron chi connectivity index (χ2n) is 4.81. The molecule has 1 aromatic carbocycles. The van der Waals surface area contributed by atoms with Crippen molar-refractivity contribution in [3.05, 3.63) is 51.2 Å². The van der Waals surface area contributed by atoms with Gasteiger partial charge < -0.3 is 10.0 Å². The molecule has 18 heavy (non-hydrogen) atoms. The summed E-state index contributed by atoms with van der Waals surface area (Å²) in [6.45, 7) is 4.29. The second-order valence-corrected chi connectivity index (χ2v) is 5.81. The van der Waals surface area contributed by atoms with Crippen LogP contribution in [0.3, 0.4) is 0 Å². The maximum atomic E-state index is 9.21. The molecule has 0 radical (unpaired) electrons. The van der Waals surface area contributed by atoms with E-state index < -0.39 is 0 Å². The molecule has 1 aliphatic rings. The Balaban J connectivity index is 1.86. The first kappa shape index (κ1) is 11.8. The van der Waals surface area contributed by atoms with Gasteiger partial charge in [-0.1, -0.05) is 6.07 Å². The van der Waals surface area contributed by atoms with Crippen molar-refractivity contribution < 1.29 is 5.11 Å². The van der Waals surface area contributed by atoms with Crippen molar-refractivity contribution >= 4 is 17.0 Å². The lowest BCUT2D eigenvalue weighted by atomic mass is 10.1. The van der Waals surface area contributed by atoms with E-state index in [0.717, 1.165) is 25.1 Å². The molecule has 2 heterocycles. The minimum absolute atomic E-state index is 0.126. The minimum atomic E-state index is 0.126. The number of benzene rings is 1. The van der Waals surface area contributed by atoms with E-state index >= 15 is 0 Å². The van der Waals surface area contributed by atoms with Gasteiger partial charge in [-0.25, -0.2) is 0 Å². The Labute approximate surface area is 112 Å². The number of thiophene rings is 1. The predicted octanol–water partition coefficient (Wildman–Crippen LogP) is 3.11. The van der Waals surface area contributed by atoms with E-state index in [1.165, 1.54) is 21.7 Å². The molecule has 0 aliphatic carbocycles. The lowest BCUT2D eigenvalue weighted by Gasteiger charge is -2.29. The molecule has 2 nitrogen and oxygen atoms in total. The smallest absolute Gasteiger partial charge is 0.0684 e.